The molecule has 1 aromatic carbocycles. The molecule has 2 saturated carbocycles. The molecule has 2 aliphatic carbocycles. The Kier molecular flexibility index (Phi) is 1.98. The monoisotopic (exact) mass is 198 g/mol. The van der Waals surface area contributed by atoms with Crippen molar-refractivity contribution in [2.45, 2.75) is 12.8 Å². The van der Waals surface area contributed by atoms with Crippen molar-refractivity contribution in [3.05, 3.63) is 42.0 Å². The fourth-order valence-corrected chi connectivity index (χ4v) is 2.75. The van der Waals surface area contributed by atoms with Crippen molar-refractivity contribution in [1.29, 1.82) is 0 Å². The van der Waals surface area contributed by atoms with Crippen LogP contribution in [0.25, 0.3) is 6.08 Å². The van der Waals surface area contributed by atoms with Crippen LogP contribution in [-0.4, -0.2) is 5.78 Å². The average molecular weight is 198 g/mol. The summed E-state index contributed by atoms with van der Waals surface area (Å²) in [4.78, 5) is 11.4. The van der Waals surface area contributed by atoms with Gasteiger partial charge in [-0.1, -0.05) is 42.5 Å². The van der Waals surface area contributed by atoms with Crippen LogP contribution in [0.1, 0.15) is 18.4 Å². The van der Waals surface area contributed by atoms with Crippen molar-refractivity contribution < 1.29 is 4.79 Å². The van der Waals surface area contributed by atoms with Crippen LogP contribution in [0.4, 0.5) is 0 Å². The van der Waals surface area contributed by atoms with Crippen LogP contribution in [0.2, 0.25) is 0 Å². The summed E-state index contributed by atoms with van der Waals surface area (Å²) in [7, 11) is 0. The minimum atomic E-state index is 0.380. The van der Waals surface area contributed by atoms with Crippen molar-refractivity contribution in [2.24, 2.45) is 17.8 Å². The van der Waals surface area contributed by atoms with Crippen LogP contribution in [0.3, 0.4) is 0 Å². The molecule has 0 saturated heterocycles. The molecule has 0 heterocycles. The van der Waals surface area contributed by atoms with Gasteiger partial charge in [-0.15, -0.1) is 0 Å². The average Bonchev–Trinajstić information content (AvgIpc) is 2.85. The second-order valence-electron chi connectivity index (χ2n) is 4.54. The first kappa shape index (κ1) is 8.90. The maximum absolute atomic E-state index is 11.4. The maximum Gasteiger partial charge on any atom is 0.136 e. The van der Waals surface area contributed by atoms with Gasteiger partial charge in [0, 0.05) is 12.3 Å². The lowest BCUT2D eigenvalue weighted by molar-refractivity contribution is -0.119. The molecular formula is C14H14O. The molecule has 2 fully saturated rings. The van der Waals surface area contributed by atoms with Gasteiger partial charge in [0.2, 0.25) is 0 Å². The van der Waals surface area contributed by atoms with E-state index >= 15 is 0 Å². The molecule has 2 aliphatic rings. The molecule has 0 amide bonds. The van der Waals surface area contributed by atoms with Gasteiger partial charge in [0.15, 0.2) is 0 Å². The largest absolute Gasteiger partial charge is 0.299 e. The second kappa shape index (κ2) is 3.34. The quantitative estimate of drug-likeness (QED) is 0.714. The number of hydrogen-bond acceptors (Lipinski definition) is 1. The van der Waals surface area contributed by atoms with Crippen molar-refractivity contribution in [3.63, 3.8) is 0 Å². The van der Waals surface area contributed by atoms with Crippen LogP contribution in [0.5, 0.6) is 0 Å². The number of carbonyl (C=O) groups excluding carboxylic acids is 1. The zero-order valence-corrected chi connectivity index (χ0v) is 8.60. The van der Waals surface area contributed by atoms with Gasteiger partial charge >= 0.3 is 0 Å². The Morgan fingerprint density at radius 1 is 1.20 bits per heavy atom. The Balaban J connectivity index is 1.69. The minimum absolute atomic E-state index is 0.380. The molecule has 1 heteroatoms. The third-order valence-electron chi connectivity index (χ3n) is 3.64. The van der Waals surface area contributed by atoms with Gasteiger partial charge in [0.25, 0.3) is 0 Å². The highest BCUT2D eigenvalue weighted by molar-refractivity contribution is 5.87. The molecule has 0 radical (unpaired) electrons. The number of rotatable bonds is 2. The molecule has 76 valence electrons. The van der Waals surface area contributed by atoms with Crippen LogP contribution < -0.4 is 0 Å². The summed E-state index contributed by atoms with van der Waals surface area (Å²) in [5, 5.41) is 0. The summed E-state index contributed by atoms with van der Waals surface area (Å²) in [6, 6.07) is 10.3. The van der Waals surface area contributed by atoms with E-state index in [9.17, 15) is 4.79 Å². The molecule has 0 spiro atoms. The number of ketones is 1. The molecule has 0 aromatic heterocycles. The first-order valence-corrected chi connectivity index (χ1v) is 5.62. The predicted molar refractivity (Wildman–Crippen MR) is 60.2 cm³/mol. The first-order chi connectivity index (χ1) is 7.36. The Hall–Kier alpha value is -1.37. The Labute approximate surface area is 89.8 Å². The molecule has 0 bridgehead atoms. The molecule has 15 heavy (non-hydrogen) atoms. The molecule has 1 nitrogen and oxygen atoms in total. The fourth-order valence-electron chi connectivity index (χ4n) is 2.75. The predicted octanol–water partition coefficient (Wildman–Crippen LogP) is 2.92. The van der Waals surface area contributed by atoms with Crippen LogP contribution in [-0.2, 0) is 4.79 Å². The highest BCUT2D eigenvalue weighted by atomic mass is 16.1. The van der Waals surface area contributed by atoms with E-state index in [0.717, 1.165) is 12.8 Å². The van der Waals surface area contributed by atoms with Crippen LogP contribution in [0, 0.1) is 17.8 Å². The summed E-state index contributed by atoms with van der Waals surface area (Å²) < 4.78 is 0. The lowest BCUT2D eigenvalue weighted by Crippen LogP contribution is -1.97. The van der Waals surface area contributed by atoms with E-state index in [1.165, 1.54) is 5.56 Å². The van der Waals surface area contributed by atoms with E-state index < -0.39 is 0 Å². The number of Topliss-reactive ketones (excluding diaryl/α,β-unsaturated/α-hetero) is 1. The molecule has 1 aromatic rings. The fraction of sp³-hybridized carbons (Fsp3) is 0.357. The van der Waals surface area contributed by atoms with Gasteiger partial charge in [0.05, 0.1) is 0 Å². The maximum atomic E-state index is 11.4. The summed E-state index contributed by atoms with van der Waals surface area (Å²) in [5.74, 6) is 2.09. The van der Waals surface area contributed by atoms with Gasteiger partial charge in [-0.2, -0.15) is 0 Å². The zero-order valence-electron chi connectivity index (χ0n) is 8.60. The molecule has 0 aliphatic heterocycles. The van der Waals surface area contributed by atoms with E-state index in [-0.39, 0.29) is 0 Å². The molecule has 3 atom stereocenters. The van der Waals surface area contributed by atoms with E-state index in [4.69, 9.17) is 0 Å². The van der Waals surface area contributed by atoms with E-state index in [2.05, 4.69) is 24.3 Å². The van der Waals surface area contributed by atoms with Gasteiger partial charge in [-0.05, 0) is 23.8 Å². The van der Waals surface area contributed by atoms with Gasteiger partial charge in [0.1, 0.15) is 5.78 Å². The standard InChI is InChI=1S/C14H14O/c15-13-9-8-12-11(14(12)13)7-6-10-4-2-1-3-5-10/h1-7,11-12,14H,8-9H2/b7-6+/t11?,12-,14+/m0/s1. The summed E-state index contributed by atoms with van der Waals surface area (Å²) in [5.41, 5.74) is 1.23. The van der Waals surface area contributed by atoms with Crippen molar-refractivity contribution in [2.75, 3.05) is 0 Å². The van der Waals surface area contributed by atoms with Gasteiger partial charge < -0.3 is 0 Å². The van der Waals surface area contributed by atoms with Gasteiger partial charge in [-0.3, -0.25) is 4.79 Å². The molecular weight excluding hydrogens is 184 g/mol. The van der Waals surface area contributed by atoms with Crippen molar-refractivity contribution in [1.82, 2.24) is 0 Å². The van der Waals surface area contributed by atoms with Gasteiger partial charge in [-0.25, -0.2) is 0 Å². The number of benzene rings is 1. The third-order valence-corrected chi connectivity index (χ3v) is 3.64. The first-order valence-electron chi connectivity index (χ1n) is 5.62. The summed E-state index contributed by atoms with van der Waals surface area (Å²) in [6.07, 6.45) is 6.32. The van der Waals surface area contributed by atoms with E-state index in [0.29, 0.717) is 23.5 Å². The number of allylic oxidation sites excluding steroid dienone is 1. The zero-order chi connectivity index (χ0) is 10.3. The Bertz CT molecular complexity index is 405. The van der Waals surface area contributed by atoms with E-state index in [1.807, 2.05) is 18.2 Å². The lowest BCUT2D eigenvalue weighted by Gasteiger charge is -1.95. The van der Waals surface area contributed by atoms with Crippen molar-refractivity contribution >= 4 is 11.9 Å². The normalized spacial score (nSPS) is 33.3. The Morgan fingerprint density at radius 2 is 2.00 bits per heavy atom. The van der Waals surface area contributed by atoms with E-state index in [1.54, 1.807) is 0 Å². The summed E-state index contributed by atoms with van der Waals surface area (Å²) >= 11 is 0. The highest BCUT2D eigenvalue weighted by Gasteiger charge is 2.56. The second-order valence-corrected chi connectivity index (χ2v) is 4.54. The SMILES string of the molecule is O=C1CC[C@H]2C(/C=C/c3ccccc3)[C@@H]12. The Morgan fingerprint density at radius 3 is 2.67 bits per heavy atom. The lowest BCUT2D eigenvalue weighted by atomic mass is 10.1. The molecule has 3 rings (SSSR count). The topological polar surface area (TPSA) is 17.1 Å². The molecule has 1 unspecified atom stereocenters. The highest BCUT2D eigenvalue weighted by Crippen LogP contribution is 2.56. The number of carbonyl (C=O) groups is 1. The van der Waals surface area contributed by atoms with Crippen LogP contribution >= 0.6 is 0 Å². The molecule has 0 N–H and O–H groups in total. The summed E-state index contributed by atoms with van der Waals surface area (Å²) in [6.45, 7) is 0. The van der Waals surface area contributed by atoms with Crippen molar-refractivity contribution in [3.8, 4) is 0 Å². The number of fused-ring (bicyclic) bond motifs is 1. The van der Waals surface area contributed by atoms with Crippen LogP contribution in [0.15, 0.2) is 36.4 Å². The minimum Gasteiger partial charge on any atom is -0.299 e. The number of hydrogen-bond donors (Lipinski definition) is 0. The third kappa shape index (κ3) is 1.52. The smallest absolute Gasteiger partial charge is 0.136 e.